The number of nitrogens with one attached hydrogen (secondary N) is 1. The van der Waals surface area contributed by atoms with Crippen LogP contribution in [0.5, 0.6) is 0 Å². The van der Waals surface area contributed by atoms with E-state index < -0.39 is 28.1 Å². The third-order valence-corrected chi connectivity index (χ3v) is 8.44. The Morgan fingerprint density at radius 3 is 2.66 bits per heavy atom. The third-order valence-electron chi connectivity index (χ3n) is 7.41. The molecule has 2 saturated heterocycles. The topological polar surface area (TPSA) is 92.5 Å². The first-order valence-electron chi connectivity index (χ1n) is 11.2. The Kier molecular flexibility index (Phi) is 5.01. The van der Waals surface area contributed by atoms with Gasteiger partial charge >= 0.3 is 0 Å². The van der Waals surface area contributed by atoms with Crippen molar-refractivity contribution in [1.29, 1.82) is 0 Å². The van der Waals surface area contributed by atoms with E-state index in [-0.39, 0.29) is 23.4 Å². The first-order chi connectivity index (χ1) is 16.9. The minimum Gasteiger partial charge on any atom is -0.324 e. The van der Waals surface area contributed by atoms with Gasteiger partial charge in [-0.15, -0.1) is 11.8 Å². The van der Waals surface area contributed by atoms with E-state index >= 15 is 0 Å². The van der Waals surface area contributed by atoms with Gasteiger partial charge in [-0.3, -0.25) is 24.6 Å². The molecule has 0 aromatic heterocycles. The molecule has 1 N–H and O–H groups in total. The number of fused-ring (bicyclic) bond motifs is 4. The molecule has 4 atom stereocenters. The number of anilines is 1. The molecule has 1 spiro atoms. The highest BCUT2D eigenvalue weighted by molar-refractivity contribution is 7.99. The molecule has 3 heterocycles. The minimum atomic E-state index is -1.27. The highest BCUT2D eigenvalue weighted by Gasteiger charge is 2.69. The zero-order valence-electron chi connectivity index (χ0n) is 18.4. The first kappa shape index (κ1) is 21.9. The summed E-state index contributed by atoms with van der Waals surface area (Å²) in [7, 11) is 0. The van der Waals surface area contributed by atoms with Crippen molar-refractivity contribution in [1.82, 2.24) is 4.90 Å². The Morgan fingerprint density at radius 1 is 1.11 bits per heavy atom. The maximum Gasteiger partial charge on any atom is 0.269 e. The second-order valence-electron chi connectivity index (χ2n) is 9.03. The van der Waals surface area contributed by atoms with Gasteiger partial charge in [0, 0.05) is 52.5 Å². The highest BCUT2D eigenvalue weighted by atomic mass is 32.2. The number of benzene rings is 3. The fraction of sp³-hybridized carbons (Fsp3) is 0.231. The number of rotatable bonds is 4. The molecule has 9 heteroatoms. The highest BCUT2D eigenvalue weighted by Crippen LogP contribution is 2.61. The summed E-state index contributed by atoms with van der Waals surface area (Å²) in [5, 5.41) is 14.5. The minimum absolute atomic E-state index is 0.0649. The summed E-state index contributed by atoms with van der Waals surface area (Å²) in [5.41, 5.74) is 0.995. The van der Waals surface area contributed by atoms with Crippen molar-refractivity contribution in [2.24, 2.45) is 5.92 Å². The third kappa shape index (κ3) is 3.08. The molecule has 0 saturated carbocycles. The Bertz CT molecular complexity index is 1380. The zero-order valence-corrected chi connectivity index (χ0v) is 19.2. The molecule has 35 heavy (non-hydrogen) atoms. The molecule has 6 rings (SSSR count). The second kappa shape index (κ2) is 8.00. The molecule has 2 fully saturated rings. The molecule has 3 aromatic carbocycles. The number of ketones is 1. The summed E-state index contributed by atoms with van der Waals surface area (Å²) in [6, 6.07) is 18.9. The number of thioether (sulfide) groups is 1. The van der Waals surface area contributed by atoms with Gasteiger partial charge in [0.25, 0.3) is 5.69 Å². The van der Waals surface area contributed by atoms with Gasteiger partial charge in [-0.2, -0.15) is 0 Å². The lowest BCUT2D eigenvalue weighted by Gasteiger charge is -2.36. The molecular formula is C26H20FN3O4S. The molecule has 3 aliphatic rings. The molecule has 7 nitrogen and oxygen atoms in total. The van der Waals surface area contributed by atoms with Crippen LogP contribution in [0.15, 0.2) is 72.8 Å². The summed E-state index contributed by atoms with van der Waals surface area (Å²) in [6.07, 6.45) is 0. The maximum atomic E-state index is 14.2. The smallest absolute Gasteiger partial charge is 0.269 e. The summed E-state index contributed by atoms with van der Waals surface area (Å²) >= 11 is 1.68. The van der Waals surface area contributed by atoms with Gasteiger partial charge in [0.1, 0.15) is 11.4 Å². The van der Waals surface area contributed by atoms with Crippen LogP contribution in [-0.2, 0) is 10.3 Å². The predicted octanol–water partition coefficient (Wildman–Crippen LogP) is 4.55. The van der Waals surface area contributed by atoms with E-state index in [1.165, 1.54) is 36.4 Å². The number of Topliss-reactive ketones (excluding diaryl/α,β-unsaturated/α-hetero) is 1. The number of nitro groups is 1. The maximum absolute atomic E-state index is 14.2. The van der Waals surface area contributed by atoms with Crippen LogP contribution >= 0.6 is 11.8 Å². The quantitative estimate of drug-likeness (QED) is 0.328. The van der Waals surface area contributed by atoms with Crippen molar-refractivity contribution in [2.45, 2.75) is 17.5 Å². The molecule has 3 aromatic rings. The van der Waals surface area contributed by atoms with Crippen molar-refractivity contribution in [3.8, 4) is 0 Å². The molecule has 176 valence electrons. The Morgan fingerprint density at radius 2 is 1.89 bits per heavy atom. The summed E-state index contributed by atoms with van der Waals surface area (Å²) < 4.78 is 13.7. The number of carbonyl (C=O) groups excluding carboxylic acids is 2. The average Bonchev–Trinajstić information content (AvgIpc) is 3.52. The number of amides is 1. The molecule has 3 unspecified atom stereocenters. The van der Waals surface area contributed by atoms with Crippen LogP contribution in [0.2, 0.25) is 0 Å². The van der Waals surface area contributed by atoms with Crippen LogP contribution in [-0.4, -0.2) is 39.2 Å². The number of halogens is 1. The van der Waals surface area contributed by atoms with Gasteiger partial charge < -0.3 is 5.32 Å². The van der Waals surface area contributed by atoms with Crippen molar-refractivity contribution in [2.75, 3.05) is 16.9 Å². The largest absolute Gasteiger partial charge is 0.324 e. The van der Waals surface area contributed by atoms with E-state index in [0.717, 1.165) is 5.56 Å². The van der Waals surface area contributed by atoms with Gasteiger partial charge in [0.15, 0.2) is 5.78 Å². The van der Waals surface area contributed by atoms with Crippen molar-refractivity contribution >= 4 is 34.8 Å². The van der Waals surface area contributed by atoms with Gasteiger partial charge in [-0.25, -0.2) is 4.39 Å². The van der Waals surface area contributed by atoms with Crippen LogP contribution in [0.4, 0.5) is 15.8 Å². The number of carbonyl (C=O) groups is 2. The molecule has 0 aliphatic carbocycles. The van der Waals surface area contributed by atoms with E-state index in [1.54, 1.807) is 23.9 Å². The lowest BCUT2D eigenvalue weighted by atomic mass is 9.69. The fourth-order valence-corrected chi connectivity index (χ4v) is 7.37. The van der Waals surface area contributed by atoms with E-state index in [0.29, 0.717) is 28.4 Å². The Labute approximate surface area is 204 Å². The first-order valence-corrected chi connectivity index (χ1v) is 12.4. The van der Waals surface area contributed by atoms with Gasteiger partial charge in [-0.05, 0) is 35.9 Å². The molecule has 3 aliphatic heterocycles. The monoisotopic (exact) mass is 489 g/mol. The molecular weight excluding hydrogens is 469 g/mol. The lowest BCUT2D eigenvalue weighted by molar-refractivity contribution is -0.384. The van der Waals surface area contributed by atoms with Crippen LogP contribution in [0.25, 0.3) is 0 Å². The number of nitro benzene ring substituents is 1. The second-order valence-corrected chi connectivity index (χ2v) is 10.0. The predicted molar refractivity (Wildman–Crippen MR) is 130 cm³/mol. The van der Waals surface area contributed by atoms with Crippen molar-refractivity contribution in [3.05, 3.63) is 105 Å². The molecule has 0 bridgehead atoms. The number of non-ortho nitro benzene ring substituents is 1. The standard InChI is InChI=1S/C26H20FN3O4S/c27-17-10-8-15(9-11-17)24(31)23-22(16-4-3-5-18(12-16)30(33)34)21-13-35-14-29(21)26(23)19-6-1-2-7-20(19)28-25(26)32/h1-12,21-23H,13-14H2,(H,28,32)/t21?,22?,23?,26-/m1/s1. The number of para-hydroxylation sites is 1. The Balaban J connectivity index is 1.61. The van der Waals surface area contributed by atoms with Crippen molar-refractivity contribution in [3.63, 3.8) is 0 Å². The number of hydrogen-bond acceptors (Lipinski definition) is 6. The summed E-state index contributed by atoms with van der Waals surface area (Å²) in [5.74, 6) is -1.13. The van der Waals surface area contributed by atoms with Crippen LogP contribution in [0.1, 0.15) is 27.4 Å². The fourth-order valence-electron chi connectivity index (χ4n) is 6.04. The van der Waals surface area contributed by atoms with E-state index in [4.69, 9.17) is 0 Å². The van der Waals surface area contributed by atoms with Gasteiger partial charge in [0.2, 0.25) is 5.91 Å². The summed E-state index contributed by atoms with van der Waals surface area (Å²) in [6.45, 7) is 0. The lowest BCUT2D eigenvalue weighted by Crippen LogP contribution is -2.52. The van der Waals surface area contributed by atoms with Crippen LogP contribution < -0.4 is 5.32 Å². The SMILES string of the molecule is O=C(c1ccc(F)cc1)C1C(c2cccc([N+](=O)[O-])c2)C2CSCN2[C@@]12C(=O)Nc1ccccc12. The zero-order chi connectivity index (χ0) is 24.3. The normalized spacial score (nSPS) is 27.0. The van der Waals surface area contributed by atoms with Gasteiger partial charge in [0.05, 0.1) is 10.8 Å². The number of hydrogen-bond donors (Lipinski definition) is 1. The van der Waals surface area contributed by atoms with Crippen LogP contribution in [0.3, 0.4) is 0 Å². The van der Waals surface area contributed by atoms with Crippen molar-refractivity contribution < 1.29 is 18.9 Å². The average molecular weight is 490 g/mol. The number of nitrogens with zero attached hydrogens (tertiary/aromatic N) is 2. The summed E-state index contributed by atoms with van der Waals surface area (Å²) in [4.78, 5) is 41.3. The van der Waals surface area contributed by atoms with E-state index in [9.17, 15) is 24.1 Å². The van der Waals surface area contributed by atoms with E-state index in [1.807, 2.05) is 24.3 Å². The molecule has 1 amide bonds. The molecule has 0 radical (unpaired) electrons. The van der Waals surface area contributed by atoms with Crippen LogP contribution in [0, 0.1) is 21.8 Å². The van der Waals surface area contributed by atoms with Gasteiger partial charge in [-0.1, -0.05) is 30.3 Å². The Hall–Kier alpha value is -3.56. The van der Waals surface area contributed by atoms with E-state index in [2.05, 4.69) is 10.2 Å².